The Morgan fingerprint density at radius 2 is 2.67 bits per heavy atom. The van der Waals surface area contributed by atoms with Crippen molar-refractivity contribution in [1.29, 1.82) is 0 Å². The Labute approximate surface area is 52.4 Å². The summed E-state index contributed by atoms with van der Waals surface area (Å²) in [6.45, 7) is 0. The standard InChI is InChI=1S/C5H7N3O/c1-8-3-2-5(7-8)4-6-9/h2-4,9H,1H3/b6-4+. The second-order valence-electron chi connectivity index (χ2n) is 1.66. The topological polar surface area (TPSA) is 50.4 Å². The Balaban J connectivity index is 2.85. The lowest BCUT2D eigenvalue weighted by Crippen LogP contribution is -1.89. The van der Waals surface area contributed by atoms with E-state index in [2.05, 4.69) is 10.3 Å². The minimum absolute atomic E-state index is 0.653. The van der Waals surface area contributed by atoms with E-state index in [1.54, 1.807) is 24.0 Å². The smallest absolute Gasteiger partial charge is 0.107 e. The molecule has 0 aliphatic heterocycles. The summed E-state index contributed by atoms with van der Waals surface area (Å²) < 4.78 is 1.64. The van der Waals surface area contributed by atoms with Crippen molar-refractivity contribution in [2.45, 2.75) is 0 Å². The van der Waals surface area contributed by atoms with Crippen LogP contribution in [0.3, 0.4) is 0 Å². The zero-order valence-corrected chi connectivity index (χ0v) is 5.02. The van der Waals surface area contributed by atoms with E-state index in [1.807, 2.05) is 0 Å². The summed E-state index contributed by atoms with van der Waals surface area (Å²) >= 11 is 0. The second-order valence-corrected chi connectivity index (χ2v) is 1.66. The van der Waals surface area contributed by atoms with Crippen molar-refractivity contribution in [3.63, 3.8) is 0 Å². The summed E-state index contributed by atoms with van der Waals surface area (Å²) in [6, 6.07) is 1.75. The van der Waals surface area contributed by atoms with E-state index in [0.29, 0.717) is 5.69 Å². The molecule has 0 fully saturated rings. The van der Waals surface area contributed by atoms with Crippen LogP contribution in [0.4, 0.5) is 0 Å². The van der Waals surface area contributed by atoms with Gasteiger partial charge < -0.3 is 5.21 Å². The number of nitrogens with zero attached hydrogens (tertiary/aromatic N) is 3. The molecule has 9 heavy (non-hydrogen) atoms. The van der Waals surface area contributed by atoms with E-state index in [0.717, 1.165) is 0 Å². The summed E-state index contributed by atoms with van der Waals surface area (Å²) in [5.74, 6) is 0. The fourth-order valence-corrected chi connectivity index (χ4v) is 0.561. The first-order chi connectivity index (χ1) is 4.33. The Morgan fingerprint density at radius 1 is 1.89 bits per heavy atom. The lowest BCUT2D eigenvalue weighted by molar-refractivity contribution is 0.321. The summed E-state index contributed by atoms with van der Waals surface area (Å²) in [7, 11) is 1.80. The number of rotatable bonds is 1. The summed E-state index contributed by atoms with van der Waals surface area (Å²) in [5.41, 5.74) is 0.653. The van der Waals surface area contributed by atoms with E-state index in [4.69, 9.17) is 5.21 Å². The molecule has 4 heteroatoms. The minimum Gasteiger partial charge on any atom is -0.411 e. The number of hydrogen-bond donors (Lipinski definition) is 1. The van der Waals surface area contributed by atoms with Crippen molar-refractivity contribution in [2.75, 3.05) is 0 Å². The summed E-state index contributed by atoms with van der Waals surface area (Å²) in [5, 5.41) is 14.8. The molecule has 1 N–H and O–H groups in total. The quantitative estimate of drug-likeness (QED) is 0.332. The SMILES string of the molecule is Cn1ccc(/C=N/O)n1. The number of hydrogen-bond acceptors (Lipinski definition) is 3. The van der Waals surface area contributed by atoms with Crippen LogP contribution in [-0.2, 0) is 7.05 Å². The summed E-state index contributed by atoms with van der Waals surface area (Å²) in [4.78, 5) is 0. The minimum atomic E-state index is 0.653. The third-order valence-corrected chi connectivity index (χ3v) is 0.924. The molecule has 4 nitrogen and oxygen atoms in total. The lowest BCUT2D eigenvalue weighted by Gasteiger charge is -1.81. The van der Waals surface area contributed by atoms with Gasteiger partial charge >= 0.3 is 0 Å². The molecule has 0 atom stereocenters. The Morgan fingerprint density at radius 3 is 3.11 bits per heavy atom. The van der Waals surface area contributed by atoms with Crippen molar-refractivity contribution in [1.82, 2.24) is 9.78 Å². The fourth-order valence-electron chi connectivity index (χ4n) is 0.561. The van der Waals surface area contributed by atoms with Gasteiger partial charge in [-0.25, -0.2) is 0 Å². The van der Waals surface area contributed by atoms with E-state index >= 15 is 0 Å². The summed E-state index contributed by atoms with van der Waals surface area (Å²) in [6.07, 6.45) is 3.05. The predicted octanol–water partition coefficient (Wildman–Crippen LogP) is 0.228. The molecule has 1 heterocycles. The maximum Gasteiger partial charge on any atom is 0.107 e. The van der Waals surface area contributed by atoms with Gasteiger partial charge in [0.15, 0.2) is 0 Å². The van der Waals surface area contributed by atoms with Gasteiger partial charge in [-0.05, 0) is 6.07 Å². The molecule has 0 saturated heterocycles. The molecule has 1 rings (SSSR count). The highest BCUT2D eigenvalue weighted by atomic mass is 16.4. The van der Waals surface area contributed by atoms with Crippen molar-refractivity contribution < 1.29 is 5.21 Å². The molecule has 48 valence electrons. The molecular formula is C5H7N3O. The number of aromatic nitrogens is 2. The lowest BCUT2D eigenvalue weighted by atomic mass is 10.5. The van der Waals surface area contributed by atoms with E-state index in [1.165, 1.54) is 6.21 Å². The van der Waals surface area contributed by atoms with Crippen molar-refractivity contribution in [3.8, 4) is 0 Å². The van der Waals surface area contributed by atoms with Gasteiger partial charge in [-0.1, -0.05) is 5.16 Å². The van der Waals surface area contributed by atoms with Crippen LogP contribution in [0, 0.1) is 0 Å². The molecule has 0 unspecified atom stereocenters. The van der Waals surface area contributed by atoms with E-state index in [-0.39, 0.29) is 0 Å². The highest BCUT2D eigenvalue weighted by Crippen LogP contribution is 1.87. The molecule has 0 aromatic carbocycles. The molecule has 1 aromatic heterocycles. The maximum absolute atomic E-state index is 8.05. The molecule has 0 saturated carbocycles. The first-order valence-electron chi connectivity index (χ1n) is 2.50. The van der Waals surface area contributed by atoms with Crippen molar-refractivity contribution in [2.24, 2.45) is 12.2 Å². The predicted molar refractivity (Wildman–Crippen MR) is 32.6 cm³/mol. The largest absolute Gasteiger partial charge is 0.411 e. The fraction of sp³-hybridized carbons (Fsp3) is 0.200. The molecular weight excluding hydrogens is 118 g/mol. The van der Waals surface area contributed by atoms with Crippen LogP contribution < -0.4 is 0 Å². The van der Waals surface area contributed by atoms with Gasteiger partial charge in [-0.2, -0.15) is 5.10 Å². The Bertz CT molecular complexity index is 216. The first-order valence-corrected chi connectivity index (χ1v) is 2.50. The van der Waals surface area contributed by atoms with Crippen LogP contribution in [0.5, 0.6) is 0 Å². The first kappa shape index (κ1) is 5.81. The van der Waals surface area contributed by atoms with E-state index in [9.17, 15) is 0 Å². The van der Waals surface area contributed by atoms with Crippen molar-refractivity contribution in [3.05, 3.63) is 18.0 Å². The third-order valence-electron chi connectivity index (χ3n) is 0.924. The Hall–Kier alpha value is -1.32. The van der Waals surface area contributed by atoms with Crippen LogP contribution >= 0.6 is 0 Å². The van der Waals surface area contributed by atoms with Gasteiger partial charge in [0.05, 0.1) is 6.21 Å². The number of aryl methyl sites for hydroxylation is 1. The van der Waals surface area contributed by atoms with Gasteiger partial charge in [-0.15, -0.1) is 0 Å². The number of oxime groups is 1. The van der Waals surface area contributed by atoms with Crippen LogP contribution in [0.2, 0.25) is 0 Å². The van der Waals surface area contributed by atoms with Gasteiger partial charge in [0.1, 0.15) is 5.69 Å². The van der Waals surface area contributed by atoms with Gasteiger partial charge in [0.25, 0.3) is 0 Å². The average Bonchev–Trinajstić information content (AvgIpc) is 2.17. The third kappa shape index (κ3) is 1.28. The van der Waals surface area contributed by atoms with Gasteiger partial charge in [0, 0.05) is 13.2 Å². The van der Waals surface area contributed by atoms with Crippen LogP contribution in [0.25, 0.3) is 0 Å². The van der Waals surface area contributed by atoms with Gasteiger partial charge in [0.2, 0.25) is 0 Å². The molecule has 0 aliphatic rings. The zero-order chi connectivity index (χ0) is 6.69. The monoisotopic (exact) mass is 125 g/mol. The van der Waals surface area contributed by atoms with Crippen molar-refractivity contribution >= 4 is 6.21 Å². The Kier molecular flexibility index (Phi) is 1.48. The van der Waals surface area contributed by atoms with Crippen LogP contribution in [0.15, 0.2) is 17.4 Å². The van der Waals surface area contributed by atoms with E-state index < -0.39 is 0 Å². The molecule has 0 amide bonds. The van der Waals surface area contributed by atoms with Gasteiger partial charge in [-0.3, -0.25) is 4.68 Å². The average molecular weight is 125 g/mol. The second kappa shape index (κ2) is 2.30. The highest BCUT2D eigenvalue weighted by molar-refractivity contribution is 5.75. The molecule has 0 bridgehead atoms. The molecule has 0 aliphatic carbocycles. The molecule has 0 spiro atoms. The molecule has 1 aromatic rings. The zero-order valence-electron chi connectivity index (χ0n) is 5.02. The molecule has 0 radical (unpaired) electrons. The highest BCUT2D eigenvalue weighted by Gasteiger charge is 1.88. The normalized spacial score (nSPS) is 10.8. The van der Waals surface area contributed by atoms with Crippen LogP contribution in [0.1, 0.15) is 5.69 Å². The van der Waals surface area contributed by atoms with Crippen LogP contribution in [-0.4, -0.2) is 21.2 Å². The maximum atomic E-state index is 8.05.